The van der Waals surface area contributed by atoms with Crippen LogP contribution in [0.1, 0.15) is 18.5 Å². The average Bonchev–Trinajstić information content (AvgIpc) is 2.09. The Kier molecular flexibility index (Phi) is 6.13. The maximum Gasteiger partial charge on any atom is 0.0705 e. The lowest BCUT2D eigenvalue weighted by molar-refractivity contribution is 0.164. The molecule has 15 heavy (non-hydrogen) atoms. The molecular weight excluding hydrogens is 347 g/mol. The Morgan fingerprint density at radius 1 is 1.33 bits per heavy atom. The maximum absolute atomic E-state index is 9.37. The highest BCUT2D eigenvalue weighted by molar-refractivity contribution is 9.11. The van der Waals surface area contributed by atoms with Crippen LogP contribution in [0.25, 0.3) is 0 Å². The van der Waals surface area contributed by atoms with Crippen LogP contribution in [0.15, 0.2) is 21.1 Å². The summed E-state index contributed by atoms with van der Waals surface area (Å²) in [4.78, 5) is 0. The summed E-state index contributed by atoms with van der Waals surface area (Å²) in [5.41, 5.74) is 12.9. The van der Waals surface area contributed by atoms with Gasteiger partial charge in [-0.05, 0) is 40.5 Å². The van der Waals surface area contributed by atoms with E-state index in [0.29, 0.717) is 5.69 Å². The molecule has 0 saturated heterocycles. The van der Waals surface area contributed by atoms with Gasteiger partial charge in [-0.25, -0.2) is 0 Å². The van der Waals surface area contributed by atoms with Crippen LogP contribution < -0.4 is 11.5 Å². The minimum Gasteiger partial charge on any atom is -0.398 e. The molecule has 0 aromatic heterocycles. The molecule has 2 atom stereocenters. The number of rotatable bonds is 2. The van der Waals surface area contributed by atoms with Gasteiger partial charge < -0.3 is 16.6 Å². The number of nitrogen functional groups attached to an aromatic ring is 1. The zero-order valence-electron chi connectivity index (χ0n) is 8.08. The first-order valence-electron chi connectivity index (χ1n) is 4.11. The van der Waals surface area contributed by atoms with Gasteiger partial charge in [-0.2, -0.15) is 0 Å². The Morgan fingerprint density at radius 2 is 1.87 bits per heavy atom. The fourth-order valence-electron chi connectivity index (χ4n) is 1.14. The van der Waals surface area contributed by atoms with Gasteiger partial charge in [0.2, 0.25) is 0 Å². The molecule has 3 nitrogen and oxygen atoms in total. The highest BCUT2D eigenvalue weighted by Crippen LogP contribution is 2.32. The van der Waals surface area contributed by atoms with Crippen molar-refractivity contribution in [1.29, 1.82) is 0 Å². The fraction of sp³-hybridized carbons (Fsp3) is 0.333. The van der Waals surface area contributed by atoms with Gasteiger partial charge in [0.1, 0.15) is 0 Å². The monoisotopic (exact) mass is 358 g/mol. The Balaban J connectivity index is 0.00000196. The minimum atomic E-state index is -0.626. The molecule has 0 amide bonds. The smallest absolute Gasteiger partial charge is 0.0705 e. The summed E-state index contributed by atoms with van der Waals surface area (Å²) in [7, 11) is 0. The molecular formula is C9H13Br2ClN2O. The van der Waals surface area contributed by atoms with E-state index in [4.69, 9.17) is 11.5 Å². The van der Waals surface area contributed by atoms with E-state index in [1.54, 1.807) is 6.92 Å². The van der Waals surface area contributed by atoms with Crippen molar-refractivity contribution in [2.24, 2.45) is 5.73 Å². The first kappa shape index (κ1) is 15.2. The standard InChI is InChI=1S/C9H12Br2N2O.ClH/c1-4(14)8(12)6-2-5(10)3-7(11)9(6)13;/h2-4,8,14H,12-13H2,1H3;1H/t4-,8-;/m0./s1. The van der Waals surface area contributed by atoms with Crippen LogP contribution in [0.3, 0.4) is 0 Å². The van der Waals surface area contributed by atoms with Crippen LogP contribution in [0.2, 0.25) is 0 Å². The lowest BCUT2D eigenvalue weighted by Crippen LogP contribution is -2.24. The van der Waals surface area contributed by atoms with E-state index in [1.165, 1.54) is 0 Å². The largest absolute Gasteiger partial charge is 0.398 e. The van der Waals surface area contributed by atoms with E-state index in [9.17, 15) is 5.11 Å². The average molecular weight is 360 g/mol. The highest BCUT2D eigenvalue weighted by atomic mass is 79.9. The number of halogens is 3. The molecule has 1 aromatic rings. The van der Waals surface area contributed by atoms with Crippen LogP contribution in [0.4, 0.5) is 5.69 Å². The summed E-state index contributed by atoms with van der Waals surface area (Å²) in [6, 6.07) is 3.19. The summed E-state index contributed by atoms with van der Waals surface area (Å²) >= 11 is 6.66. The molecule has 0 aliphatic carbocycles. The summed E-state index contributed by atoms with van der Waals surface area (Å²) < 4.78 is 1.66. The molecule has 0 saturated carbocycles. The lowest BCUT2D eigenvalue weighted by Gasteiger charge is -2.18. The molecule has 0 heterocycles. The van der Waals surface area contributed by atoms with E-state index in [2.05, 4.69) is 31.9 Å². The summed E-state index contributed by atoms with van der Waals surface area (Å²) in [5, 5.41) is 9.37. The van der Waals surface area contributed by atoms with E-state index in [0.717, 1.165) is 14.5 Å². The SMILES string of the molecule is C[C@H](O)[C@H](N)c1cc(Br)cc(Br)c1N.Cl. The predicted octanol–water partition coefficient (Wildman–Crippen LogP) is 2.60. The van der Waals surface area contributed by atoms with Gasteiger partial charge >= 0.3 is 0 Å². The molecule has 0 unspecified atom stereocenters. The number of nitrogens with two attached hydrogens (primary N) is 2. The van der Waals surface area contributed by atoms with Gasteiger partial charge in [-0.3, -0.25) is 0 Å². The van der Waals surface area contributed by atoms with E-state index in [1.807, 2.05) is 12.1 Å². The van der Waals surface area contributed by atoms with E-state index in [-0.39, 0.29) is 12.4 Å². The summed E-state index contributed by atoms with van der Waals surface area (Å²) in [6.07, 6.45) is -0.626. The first-order valence-corrected chi connectivity index (χ1v) is 5.70. The second-order valence-electron chi connectivity index (χ2n) is 3.16. The zero-order valence-corrected chi connectivity index (χ0v) is 12.1. The predicted molar refractivity (Wildman–Crippen MR) is 72.1 cm³/mol. The van der Waals surface area contributed by atoms with Crippen molar-refractivity contribution in [1.82, 2.24) is 0 Å². The Morgan fingerprint density at radius 3 is 2.33 bits per heavy atom. The van der Waals surface area contributed by atoms with Crippen LogP contribution in [0, 0.1) is 0 Å². The highest BCUT2D eigenvalue weighted by Gasteiger charge is 2.16. The normalized spacial score (nSPS) is 14.2. The van der Waals surface area contributed by atoms with Crippen LogP contribution in [-0.4, -0.2) is 11.2 Å². The first-order chi connectivity index (χ1) is 6.43. The van der Waals surface area contributed by atoms with Crippen molar-refractivity contribution < 1.29 is 5.11 Å². The Labute approximate surface area is 112 Å². The molecule has 86 valence electrons. The van der Waals surface area contributed by atoms with Crippen molar-refractivity contribution in [2.45, 2.75) is 19.1 Å². The van der Waals surface area contributed by atoms with Crippen molar-refractivity contribution in [3.8, 4) is 0 Å². The molecule has 0 aliphatic rings. The third-order valence-electron chi connectivity index (χ3n) is 2.01. The van der Waals surface area contributed by atoms with E-state index < -0.39 is 12.1 Å². The van der Waals surface area contributed by atoms with Crippen molar-refractivity contribution in [3.05, 3.63) is 26.6 Å². The Hall–Kier alpha value is 0.190. The molecule has 0 fully saturated rings. The molecule has 5 N–H and O–H groups in total. The second-order valence-corrected chi connectivity index (χ2v) is 4.93. The number of anilines is 1. The summed E-state index contributed by atoms with van der Waals surface area (Å²) in [6.45, 7) is 1.64. The summed E-state index contributed by atoms with van der Waals surface area (Å²) in [5.74, 6) is 0. The fourth-order valence-corrected chi connectivity index (χ4v) is 2.40. The Bertz CT molecular complexity index is 347. The third-order valence-corrected chi connectivity index (χ3v) is 3.12. The van der Waals surface area contributed by atoms with Crippen molar-refractivity contribution >= 4 is 50.0 Å². The van der Waals surface area contributed by atoms with Crippen LogP contribution in [0.5, 0.6) is 0 Å². The van der Waals surface area contributed by atoms with Crippen LogP contribution in [-0.2, 0) is 0 Å². The van der Waals surface area contributed by atoms with Crippen LogP contribution >= 0.6 is 44.3 Å². The number of aliphatic hydroxyl groups excluding tert-OH is 1. The van der Waals surface area contributed by atoms with Gasteiger partial charge in [-0.1, -0.05) is 15.9 Å². The van der Waals surface area contributed by atoms with Crippen molar-refractivity contribution in [2.75, 3.05) is 5.73 Å². The lowest BCUT2D eigenvalue weighted by atomic mass is 10.0. The third kappa shape index (κ3) is 3.60. The van der Waals surface area contributed by atoms with Gasteiger partial charge in [0.15, 0.2) is 0 Å². The van der Waals surface area contributed by atoms with Crippen molar-refractivity contribution in [3.63, 3.8) is 0 Å². The molecule has 6 heteroatoms. The topological polar surface area (TPSA) is 72.3 Å². The number of aliphatic hydroxyl groups is 1. The zero-order chi connectivity index (χ0) is 10.9. The van der Waals surface area contributed by atoms with E-state index >= 15 is 0 Å². The minimum absolute atomic E-state index is 0. The van der Waals surface area contributed by atoms with Gasteiger partial charge in [-0.15, -0.1) is 12.4 Å². The number of hydrogen-bond acceptors (Lipinski definition) is 3. The maximum atomic E-state index is 9.37. The molecule has 0 spiro atoms. The molecule has 1 rings (SSSR count). The molecule has 1 aromatic carbocycles. The van der Waals surface area contributed by atoms with Gasteiger partial charge in [0.05, 0.1) is 17.8 Å². The van der Waals surface area contributed by atoms with Gasteiger partial charge in [0.25, 0.3) is 0 Å². The molecule has 0 radical (unpaired) electrons. The van der Waals surface area contributed by atoms with Gasteiger partial charge in [0, 0.05) is 8.95 Å². The molecule has 0 aliphatic heterocycles. The quantitative estimate of drug-likeness (QED) is 0.710. The molecule has 0 bridgehead atoms. The number of hydrogen-bond donors (Lipinski definition) is 3. The number of benzene rings is 1. The second kappa shape index (κ2) is 6.06.